The van der Waals surface area contributed by atoms with E-state index in [2.05, 4.69) is 0 Å². The van der Waals surface area contributed by atoms with Gasteiger partial charge in [0.1, 0.15) is 5.58 Å². The third-order valence-corrected chi connectivity index (χ3v) is 3.37. The summed E-state index contributed by atoms with van der Waals surface area (Å²) >= 11 is 0. The van der Waals surface area contributed by atoms with Crippen molar-refractivity contribution in [2.24, 2.45) is 0 Å². The lowest BCUT2D eigenvalue weighted by molar-refractivity contribution is 0.608. The predicted molar refractivity (Wildman–Crippen MR) is 54.0 cm³/mol. The molecule has 0 spiro atoms. The second-order valence-corrected chi connectivity index (χ2v) is 5.52. The van der Waals surface area contributed by atoms with E-state index in [4.69, 9.17) is 15.1 Å². The summed E-state index contributed by atoms with van der Waals surface area (Å²) in [5.74, 6) is 0. The Bertz CT molecular complexity index is 583. The van der Waals surface area contributed by atoms with E-state index in [1.165, 1.54) is 12.3 Å². The molecule has 74 valence electrons. The lowest BCUT2D eigenvalue weighted by Gasteiger charge is -1.97. The highest BCUT2D eigenvalue weighted by Gasteiger charge is 2.17. The second-order valence-electron chi connectivity index (χ2n) is 2.99. The molecule has 1 aromatic heterocycles. The minimum absolute atomic E-state index is 0.0999. The van der Waals surface area contributed by atoms with Gasteiger partial charge in [0.2, 0.25) is 0 Å². The zero-order valence-electron chi connectivity index (χ0n) is 7.32. The van der Waals surface area contributed by atoms with Gasteiger partial charge < -0.3 is 4.42 Å². The van der Waals surface area contributed by atoms with Crippen molar-refractivity contribution in [3.05, 3.63) is 30.0 Å². The van der Waals surface area contributed by atoms with Gasteiger partial charge in [-0.15, -0.1) is 0 Å². The van der Waals surface area contributed by atoms with Crippen LogP contribution in [0.5, 0.6) is 0 Å². The van der Waals surface area contributed by atoms with Crippen LogP contribution in [-0.4, -0.2) is 8.42 Å². The average molecular weight is 231 g/mol. The number of halogens is 1. The summed E-state index contributed by atoms with van der Waals surface area (Å²) in [5.41, 5.74) is 1.30. The Kier molecular flexibility index (Phi) is 2.05. The molecule has 0 atom stereocenters. The molecule has 1 aromatic carbocycles. The largest absolute Gasteiger partial charge is 0.464 e. The van der Waals surface area contributed by atoms with Crippen LogP contribution in [0.25, 0.3) is 11.0 Å². The number of hydrogen-bond donors (Lipinski definition) is 0. The van der Waals surface area contributed by atoms with Crippen LogP contribution in [-0.2, 0) is 9.05 Å². The SMILES string of the molecule is Cc1coc2cccc(S(=O)(=O)Cl)c12. The Balaban J connectivity index is 2.96. The van der Waals surface area contributed by atoms with E-state index in [0.29, 0.717) is 11.0 Å². The summed E-state index contributed by atoms with van der Waals surface area (Å²) in [5, 5.41) is 0.558. The molecule has 0 aliphatic rings. The Morgan fingerprint density at radius 3 is 2.71 bits per heavy atom. The first-order valence-electron chi connectivity index (χ1n) is 3.91. The van der Waals surface area contributed by atoms with Gasteiger partial charge in [-0.05, 0) is 24.6 Å². The molecule has 0 N–H and O–H groups in total. The first-order valence-corrected chi connectivity index (χ1v) is 6.22. The van der Waals surface area contributed by atoms with Gasteiger partial charge in [0, 0.05) is 16.1 Å². The maximum absolute atomic E-state index is 11.2. The van der Waals surface area contributed by atoms with Gasteiger partial charge in [0.15, 0.2) is 0 Å². The van der Waals surface area contributed by atoms with Gasteiger partial charge >= 0.3 is 0 Å². The smallest absolute Gasteiger partial charge is 0.262 e. The number of furan rings is 1. The molecular formula is C9H7ClO3S. The lowest BCUT2D eigenvalue weighted by atomic mass is 10.2. The quantitative estimate of drug-likeness (QED) is 0.708. The van der Waals surface area contributed by atoms with E-state index in [1.807, 2.05) is 0 Å². The zero-order valence-corrected chi connectivity index (χ0v) is 8.89. The van der Waals surface area contributed by atoms with Crippen molar-refractivity contribution in [3.63, 3.8) is 0 Å². The fourth-order valence-corrected chi connectivity index (χ4v) is 2.54. The van der Waals surface area contributed by atoms with Crippen molar-refractivity contribution in [3.8, 4) is 0 Å². The Morgan fingerprint density at radius 1 is 1.36 bits per heavy atom. The van der Waals surface area contributed by atoms with E-state index in [1.54, 1.807) is 19.1 Å². The van der Waals surface area contributed by atoms with Gasteiger partial charge in [-0.2, -0.15) is 0 Å². The predicted octanol–water partition coefficient (Wildman–Crippen LogP) is 2.67. The fraction of sp³-hybridized carbons (Fsp3) is 0.111. The molecule has 0 saturated carbocycles. The third-order valence-electron chi connectivity index (χ3n) is 2.01. The molecule has 0 unspecified atom stereocenters. The van der Waals surface area contributed by atoms with Gasteiger partial charge in [-0.1, -0.05) is 6.07 Å². The van der Waals surface area contributed by atoms with E-state index in [0.717, 1.165) is 5.56 Å². The summed E-state index contributed by atoms with van der Waals surface area (Å²) in [6.07, 6.45) is 1.51. The summed E-state index contributed by atoms with van der Waals surface area (Å²) in [7, 11) is 1.59. The van der Waals surface area contributed by atoms with Crippen LogP contribution in [0.15, 0.2) is 33.8 Å². The summed E-state index contributed by atoms with van der Waals surface area (Å²) < 4.78 is 27.6. The molecule has 0 aliphatic heterocycles. The Morgan fingerprint density at radius 2 is 2.07 bits per heavy atom. The molecule has 0 fully saturated rings. The third kappa shape index (κ3) is 1.40. The summed E-state index contributed by atoms with van der Waals surface area (Å²) in [4.78, 5) is 0.0999. The van der Waals surface area contributed by atoms with Gasteiger partial charge in [-0.3, -0.25) is 0 Å². The molecular weight excluding hydrogens is 224 g/mol. The minimum Gasteiger partial charge on any atom is -0.464 e. The van der Waals surface area contributed by atoms with Crippen molar-refractivity contribution in [1.29, 1.82) is 0 Å². The Labute approximate surface area is 85.7 Å². The van der Waals surface area contributed by atoms with Gasteiger partial charge in [0.25, 0.3) is 9.05 Å². The average Bonchev–Trinajstić information content (AvgIpc) is 2.46. The monoisotopic (exact) mass is 230 g/mol. The van der Waals surface area contributed by atoms with Crippen LogP contribution < -0.4 is 0 Å². The van der Waals surface area contributed by atoms with Crippen molar-refractivity contribution in [2.75, 3.05) is 0 Å². The molecule has 2 aromatic rings. The second kappa shape index (κ2) is 3.00. The van der Waals surface area contributed by atoms with Crippen LogP contribution in [0.2, 0.25) is 0 Å². The normalized spacial score (nSPS) is 12.1. The number of fused-ring (bicyclic) bond motifs is 1. The molecule has 1 heterocycles. The first-order chi connectivity index (χ1) is 6.50. The minimum atomic E-state index is -3.71. The van der Waals surface area contributed by atoms with Crippen LogP contribution in [0, 0.1) is 6.92 Å². The highest BCUT2D eigenvalue weighted by atomic mass is 35.7. The van der Waals surface area contributed by atoms with Crippen molar-refractivity contribution >= 4 is 30.7 Å². The van der Waals surface area contributed by atoms with E-state index in [-0.39, 0.29) is 4.90 Å². The molecule has 0 saturated heterocycles. The highest BCUT2D eigenvalue weighted by molar-refractivity contribution is 8.14. The van der Waals surface area contributed by atoms with Gasteiger partial charge in [-0.25, -0.2) is 8.42 Å². The first kappa shape index (κ1) is 9.55. The van der Waals surface area contributed by atoms with E-state index >= 15 is 0 Å². The van der Waals surface area contributed by atoms with E-state index < -0.39 is 9.05 Å². The maximum atomic E-state index is 11.2. The van der Waals surface area contributed by atoms with Crippen molar-refractivity contribution < 1.29 is 12.8 Å². The van der Waals surface area contributed by atoms with Crippen molar-refractivity contribution in [1.82, 2.24) is 0 Å². The number of benzene rings is 1. The van der Waals surface area contributed by atoms with Crippen LogP contribution in [0.1, 0.15) is 5.56 Å². The molecule has 0 aliphatic carbocycles. The highest BCUT2D eigenvalue weighted by Crippen LogP contribution is 2.29. The fourth-order valence-electron chi connectivity index (χ4n) is 1.41. The molecule has 0 radical (unpaired) electrons. The standard InChI is InChI=1S/C9H7ClO3S/c1-6-5-13-7-3-2-4-8(9(6)7)14(10,11)12/h2-5H,1H3. The number of hydrogen-bond acceptors (Lipinski definition) is 3. The summed E-state index contributed by atoms with van der Waals surface area (Å²) in [6, 6.07) is 4.77. The van der Waals surface area contributed by atoms with Crippen LogP contribution in [0.4, 0.5) is 0 Å². The number of rotatable bonds is 1. The molecule has 0 bridgehead atoms. The van der Waals surface area contributed by atoms with Crippen LogP contribution >= 0.6 is 10.7 Å². The van der Waals surface area contributed by atoms with Crippen LogP contribution in [0.3, 0.4) is 0 Å². The molecule has 0 amide bonds. The molecule has 2 rings (SSSR count). The molecule has 14 heavy (non-hydrogen) atoms. The lowest BCUT2D eigenvalue weighted by Crippen LogP contribution is -1.91. The maximum Gasteiger partial charge on any atom is 0.262 e. The topological polar surface area (TPSA) is 47.3 Å². The Hall–Kier alpha value is -1.00. The van der Waals surface area contributed by atoms with Gasteiger partial charge in [0.05, 0.1) is 11.2 Å². The molecule has 3 nitrogen and oxygen atoms in total. The zero-order chi connectivity index (χ0) is 10.3. The van der Waals surface area contributed by atoms with E-state index in [9.17, 15) is 8.42 Å². The molecule has 5 heteroatoms. The number of aryl methyl sites for hydroxylation is 1. The summed E-state index contributed by atoms with van der Waals surface area (Å²) in [6.45, 7) is 1.78. The van der Waals surface area contributed by atoms with Crippen molar-refractivity contribution in [2.45, 2.75) is 11.8 Å².